The maximum absolute atomic E-state index is 13.8. The summed E-state index contributed by atoms with van der Waals surface area (Å²) in [5.41, 5.74) is 3.37. The van der Waals surface area contributed by atoms with Crippen molar-refractivity contribution in [2.75, 3.05) is 0 Å². The first-order chi connectivity index (χ1) is 13.7. The zero-order valence-electron chi connectivity index (χ0n) is 15.1. The van der Waals surface area contributed by atoms with Gasteiger partial charge in [-0.2, -0.15) is 0 Å². The highest BCUT2D eigenvalue weighted by atomic mass is 35.5. The van der Waals surface area contributed by atoms with Crippen LogP contribution in [-0.4, -0.2) is 9.97 Å². The Morgan fingerprint density at radius 1 is 0.964 bits per heavy atom. The third kappa shape index (κ3) is 4.32. The van der Waals surface area contributed by atoms with Crippen LogP contribution in [0.2, 0.25) is 5.02 Å². The highest BCUT2D eigenvalue weighted by molar-refractivity contribution is 6.30. The molecule has 1 aromatic heterocycles. The number of nitrogens with one attached hydrogen (secondary N) is 2. The van der Waals surface area contributed by atoms with E-state index < -0.39 is 0 Å². The number of halogens is 2. The molecule has 0 saturated carbocycles. The average molecular weight is 396 g/mol. The van der Waals surface area contributed by atoms with Crippen molar-refractivity contribution < 1.29 is 9.13 Å². The minimum Gasteiger partial charge on any atom is -0.488 e. The molecule has 142 valence electrons. The first-order valence-electron chi connectivity index (χ1n) is 8.98. The van der Waals surface area contributed by atoms with Gasteiger partial charge in [0, 0.05) is 22.7 Å². The number of hydrogen-bond donors (Lipinski definition) is 2. The molecule has 4 rings (SSSR count). The normalized spacial score (nSPS) is 11.1. The van der Waals surface area contributed by atoms with Gasteiger partial charge < -0.3 is 15.0 Å². The minimum atomic E-state index is -0.277. The van der Waals surface area contributed by atoms with Gasteiger partial charge in [-0.15, -0.1) is 0 Å². The maximum Gasteiger partial charge on any atom is 0.129 e. The van der Waals surface area contributed by atoms with E-state index in [0.29, 0.717) is 29.4 Å². The highest BCUT2D eigenvalue weighted by Crippen LogP contribution is 2.24. The first-order valence-corrected chi connectivity index (χ1v) is 9.36. The summed E-state index contributed by atoms with van der Waals surface area (Å²) in [4.78, 5) is 7.84. The molecule has 0 unspecified atom stereocenters. The summed E-state index contributed by atoms with van der Waals surface area (Å²) >= 11 is 6.15. The van der Waals surface area contributed by atoms with Gasteiger partial charge in [-0.05, 0) is 36.4 Å². The van der Waals surface area contributed by atoms with E-state index in [0.717, 1.165) is 22.4 Å². The van der Waals surface area contributed by atoms with Crippen LogP contribution in [0.1, 0.15) is 17.0 Å². The van der Waals surface area contributed by atoms with E-state index >= 15 is 0 Å². The molecule has 3 aromatic carbocycles. The lowest BCUT2D eigenvalue weighted by molar-refractivity contribution is 0.296. The van der Waals surface area contributed by atoms with Crippen molar-refractivity contribution in [3.8, 4) is 5.75 Å². The second-order valence-corrected chi connectivity index (χ2v) is 6.87. The number of para-hydroxylation sites is 2. The standard InChI is InChI=1S/C22H19ClFN3O/c23-17-9-10-21(28-14-15-5-1-2-6-18(15)24)16(11-17)12-25-13-22-26-19-7-3-4-8-20(19)27-22/h1-11,25H,12-14H2,(H,26,27). The van der Waals surface area contributed by atoms with E-state index in [1.165, 1.54) is 6.07 Å². The molecule has 0 spiro atoms. The summed E-state index contributed by atoms with van der Waals surface area (Å²) in [6.45, 7) is 1.28. The monoisotopic (exact) mass is 395 g/mol. The van der Waals surface area contributed by atoms with Crippen molar-refractivity contribution in [2.45, 2.75) is 19.7 Å². The molecular formula is C22H19ClFN3O. The van der Waals surface area contributed by atoms with Crippen LogP contribution in [0.15, 0.2) is 66.7 Å². The molecule has 0 aliphatic heterocycles. The Kier molecular flexibility index (Phi) is 5.55. The molecule has 0 radical (unpaired) electrons. The van der Waals surface area contributed by atoms with Gasteiger partial charge in [-0.3, -0.25) is 0 Å². The predicted molar refractivity (Wildman–Crippen MR) is 109 cm³/mol. The van der Waals surface area contributed by atoms with Crippen LogP contribution in [0, 0.1) is 5.82 Å². The Morgan fingerprint density at radius 2 is 1.79 bits per heavy atom. The Morgan fingerprint density at radius 3 is 2.64 bits per heavy atom. The number of aromatic amines is 1. The van der Waals surface area contributed by atoms with Crippen LogP contribution in [0.5, 0.6) is 5.75 Å². The van der Waals surface area contributed by atoms with Crippen molar-refractivity contribution in [3.63, 3.8) is 0 Å². The van der Waals surface area contributed by atoms with E-state index in [9.17, 15) is 4.39 Å². The van der Waals surface area contributed by atoms with Crippen LogP contribution in [-0.2, 0) is 19.7 Å². The quantitative estimate of drug-likeness (QED) is 0.451. The Labute approximate surface area is 167 Å². The number of nitrogens with zero attached hydrogens (tertiary/aromatic N) is 1. The fraction of sp³-hybridized carbons (Fsp3) is 0.136. The van der Waals surface area contributed by atoms with Gasteiger partial charge in [0.25, 0.3) is 0 Å². The van der Waals surface area contributed by atoms with E-state index in [-0.39, 0.29) is 12.4 Å². The van der Waals surface area contributed by atoms with E-state index in [1.807, 2.05) is 30.3 Å². The van der Waals surface area contributed by atoms with Crippen LogP contribution < -0.4 is 10.1 Å². The molecular weight excluding hydrogens is 377 g/mol. The van der Waals surface area contributed by atoms with Gasteiger partial charge in [0.1, 0.15) is 24.0 Å². The molecule has 2 N–H and O–H groups in total. The van der Waals surface area contributed by atoms with Gasteiger partial charge in [-0.25, -0.2) is 9.37 Å². The Balaban J connectivity index is 1.42. The summed E-state index contributed by atoms with van der Waals surface area (Å²) < 4.78 is 19.7. The summed E-state index contributed by atoms with van der Waals surface area (Å²) in [6.07, 6.45) is 0. The minimum absolute atomic E-state index is 0.158. The molecule has 0 atom stereocenters. The highest BCUT2D eigenvalue weighted by Gasteiger charge is 2.08. The largest absolute Gasteiger partial charge is 0.488 e. The average Bonchev–Trinajstić information content (AvgIpc) is 3.11. The Bertz CT molecular complexity index is 1060. The topological polar surface area (TPSA) is 49.9 Å². The van der Waals surface area contributed by atoms with Crippen LogP contribution in [0.4, 0.5) is 4.39 Å². The SMILES string of the molecule is Fc1ccccc1COc1ccc(Cl)cc1CNCc1nc2ccccc2[nH]1. The van der Waals surface area contributed by atoms with Crippen molar-refractivity contribution in [2.24, 2.45) is 0 Å². The number of fused-ring (bicyclic) bond motifs is 1. The van der Waals surface area contributed by atoms with Crippen molar-refractivity contribution in [1.29, 1.82) is 0 Å². The number of imidazole rings is 1. The summed E-state index contributed by atoms with van der Waals surface area (Å²) in [5, 5.41) is 3.97. The molecule has 0 amide bonds. The van der Waals surface area contributed by atoms with Gasteiger partial charge in [0.05, 0.1) is 17.6 Å². The predicted octanol–water partition coefficient (Wildman–Crippen LogP) is 5.22. The molecule has 0 aliphatic rings. The second kappa shape index (κ2) is 8.42. The van der Waals surface area contributed by atoms with Crippen LogP contribution >= 0.6 is 11.6 Å². The smallest absolute Gasteiger partial charge is 0.129 e. The molecule has 6 heteroatoms. The summed E-state index contributed by atoms with van der Waals surface area (Å²) in [7, 11) is 0. The Hall–Kier alpha value is -2.89. The lowest BCUT2D eigenvalue weighted by Crippen LogP contribution is -2.14. The molecule has 0 fully saturated rings. The number of aromatic nitrogens is 2. The molecule has 1 heterocycles. The number of ether oxygens (including phenoxy) is 1. The summed E-state index contributed by atoms with van der Waals surface area (Å²) in [5.74, 6) is 1.25. The van der Waals surface area contributed by atoms with Gasteiger partial charge in [0.15, 0.2) is 0 Å². The lowest BCUT2D eigenvalue weighted by atomic mass is 10.2. The molecule has 0 saturated heterocycles. The number of rotatable bonds is 7. The molecule has 4 nitrogen and oxygen atoms in total. The van der Waals surface area contributed by atoms with Crippen LogP contribution in [0.3, 0.4) is 0 Å². The molecule has 4 aromatic rings. The van der Waals surface area contributed by atoms with E-state index in [2.05, 4.69) is 15.3 Å². The second-order valence-electron chi connectivity index (χ2n) is 6.44. The zero-order chi connectivity index (χ0) is 19.3. The van der Waals surface area contributed by atoms with Crippen molar-refractivity contribution >= 4 is 22.6 Å². The molecule has 0 bridgehead atoms. The zero-order valence-corrected chi connectivity index (χ0v) is 15.8. The fourth-order valence-electron chi connectivity index (χ4n) is 3.00. The third-order valence-electron chi connectivity index (χ3n) is 4.41. The lowest BCUT2D eigenvalue weighted by Gasteiger charge is -2.13. The first kappa shape index (κ1) is 18.5. The number of H-pyrrole nitrogens is 1. The number of hydrogen-bond acceptors (Lipinski definition) is 3. The van der Waals surface area contributed by atoms with Crippen LogP contribution in [0.25, 0.3) is 11.0 Å². The van der Waals surface area contributed by atoms with E-state index in [1.54, 1.807) is 30.3 Å². The molecule has 0 aliphatic carbocycles. The van der Waals surface area contributed by atoms with Crippen molar-refractivity contribution in [1.82, 2.24) is 15.3 Å². The molecule has 28 heavy (non-hydrogen) atoms. The van der Waals surface area contributed by atoms with E-state index in [4.69, 9.17) is 16.3 Å². The maximum atomic E-state index is 13.8. The third-order valence-corrected chi connectivity index (χ3v) is 4.64. The van der Waals surface area contributed by atoms with Gasteiger partial charge >= 0.3 is 0 Å². The van der Waals surface area contributed by atoms with Gasteiger partial charge in [0.2, 0.25) is 0 Å². The summed E-state index contributed by atoms with van der Waals surface area (Å²) in [6, 6.07) is 19.9. The number of benzene rings is 3. The fourth-order valence-corrected chi connectivity index (χ4v) is 3.20. The van der Waals surface area contributed by atoms with Gasteiger partial charge in [-0.1, -0.05) is 41.9 Å². The van der Waals surface area contributed by atoms with Crippen molar-refractivity contribution in [3.05, 3.63) is 94.5 Å².